The molecule has 4 heteroatoms. The van der Waals surface area contributed by atoms with Crippen molar-refractivity contribution in [2.24, 2.45) is 0 Å². The van der Waals surface area contributed by atoms with Gasteiger partial charge in [-0.05, 0) is 44.5 Å². The van der Waals surface area contributed by atoms with Crippen LogP contribution in [-0.2, 0) is 6.54 Å². The lowest BCUT2D eigenvalue weighted by atomic mass is 10.1. The summed E-state index contributed by atoms with van der Waals surface area (Å²) in [6, 6.07) is 7.02. The van der Waals surface area contributed by atoms with E-state index in [0.29, 0.717) is 6.54 Å². The Bertz CT molecular complexity index is 575. The minimum Gasteiger partial charge on any atom is -0.504 e. The molecular weight excluding hydrogens is 242 g/mol. The van der Waals surface area contributed by atoms with Crippen LogP contribution >= 0.6 is 0 Å². The monoisotopic (exact) mass is 261 g/mol. The molecule has 3 N–H and O–H groups in total. The second-order valence-electron chi connectivity index (χ2n) is 4.79. The van der Waals surface area contributed by atoms with Crippen LogP contribution < -0.4 is 5.32 Å². The molecule has 0 radical (unpaired) electrons. The molecule has 4 nitrogen and oxygen atoms in total. The van der Waals surface area contributed by atoms with Crippen molar-refractivity contribution in [3.63, 3.8) is 0 Å². The molecule has 0 aliphatic rings. The first kappa shape index (κ1) is 13.5. The van der Waals surface area contributed by atoms with Crippen LogP contribution in [0, 0.1) is 13.8 Å². The van der Waals surface area contributed by atoms with E-state index in [0.717, 1.165) is 22.6 Å². The second kappa shape index (κ2) is 5.36. The molecule has 1 heterocycles. The lowest BCUT2D eigenvalue weighted by Crippen LogP contribution is -2.18. The number of rotatable bonds is 4. The molecule has 0 amide bonds. The molecule has 1 atom stereocenters. The maximum atomic E-state index is 9.44. The summed E-state index contributed by atoms with van der Waals surface area (Å²) in [6.07, 6.45) is 0. The van der Waals surface area contributed by atoms with Crippen LogP contribution in [0.15, 0.2) is 28.7 Å². The maximum absolute atomic E-state index is 9.44. The van der Waals surface area contributed by atoms with Gasteiger partial charge in [0.1, 0.15) is 11.5 Å². The summed E-state index contributed by atoms with van der Waals surface area (Å²) in [5.74, 6) is 1.63. The molecule has 0 saturated heterocycles. The normalized spacial score (nSPS) is 12.6. The van der Waals surface area contributed by atoms with Gasteiger partial charge in [-0.2, -0.15) is 0 Å². The molecule has 0 fully saturated rings. The Hall–Kier alpha value is -1.94. The van der Waals surface area contributed by atoms with E-state index in [2.05, 4.69) is 12.2 Å². The fraction of sp³-hybridized carbons (Fsp3) is 0.333. The zero-order valence-corrected chi connectivity index (χ0v) is 11.4. The average Bonchev–Trinajstić information content (AvgIpc) is 2.70. The molecule has 0 saturated carbocycles. The van der Waals surface area contributed by atoms with E-state index in [-0.39, 0.29) is 17.5 Å². The van der Waals surface area contributed by atoms with Crippen LogP contribution in [0.3, 0.4) is 0 Å². The summed E-state index contributed by atoms with van der Waals surface area (Å²) in [7, 11) is 0. The number of furan rings is 1. The SMILES string of the molecule is Cc1cc(C(C)NCc2ccc(O)c(O)c2)c(C)o1. The van der Waals surface area contributed by atoms with Crippen LogP contribution in [0.25, 0.3) is 0 Å². The van der Waals surface area contributed by atoms with Crippen LogP contribution in [0.4, 0.5) is 0 Å². The Morgan fingerprint density at radius 3 is 2.47 bits per heavy atom. The third-order valence-electron chi connectivity index (χ3n) is 3.20. The van der Waals surface area contributed by atoms with Gasteiger partial charge in [0.15, 0.2) is 11.5 Å². The van der Waals surface area contributed by atoms with Crippen LogP contribution in [0.5, 0.6) is 11.5 Å². The van der Waals surface area contributed by atoms with E-state index >= 15 is 0 Å². The quantitative estimate of drug-likeness (QED) is 0.740. The fourth-order valence-corrected chi connectivity index (χ4v) is 2.14. The number of hydrogen-bond donors (Lipinski definition) is 3. The number of aryl methyl sites for hydroxylation is 2. The van der Waals surface area contributed by atoms with Crippen molar-refractivity contribution in [3.8, 4) is 11.5 Å². The standard InChI is InChI=1S/C15H19NO3/c1-9-6-13(11(3)19-9)10(2)16-8-12-4-5-14(17)15(18)7-12/h4-7,10,16-18H,8H2,1-3H3. The third kappa shape index (κ3) is 3.09. The molecule has 102 valence electrons. The number of phenolic OH excluding ortho intramolecular Hbond substituents is 2. The van der Waals surface area contributed by atoms with Crippen molar-refractivity contribution in [1.82, 2.24) is 5.32 Å². The Labute approximate surface area is 112 Å². The minimum atomic E-state index is -0.0990. The maximum Gasteiger partial charge on any atom is 0.157 e. The molecule has 0 spiro atoms. The molecule has 1 unspecified atom stereocenters. The summed E-state index contributed by atoms with van der Waals surface area (Å²) in [5, 5.41) is 22.1. The largest absolute Gasteiger partial charge is 0.504 e. The Balaban J connectivity index is 2.02. The van der Waals surface area contributed by atoms with Gasteiger partial charge in [0.25, 0.3) is 0 Å². The van der Waals surface area contributed by atoms with Gasteiger partial charge in [0, 0.05) is 18.2 Å². The number of aromatic hydroxyl groups is 2. The Morgan fingerprint density at radius 2 is 1.89 bits per heavy atom. The summed E-state index contributed by atoms with van der Waals surface area (Å²) >= 11 is 0. The zero-order chi connectivity index (χ0) is 14.0. The molecule has 0 aliphatic carbocycles. The van der Waals surface area contributed by atoms with Gasteiger partial charge in [-0.3, -0.25) is 0 Å². The van der Waals surface area contributed by atoms with E-state index in [4.69, 9.17) is 4.42 Å². The van der Waals surface area contributed by atoms with E-state index in [1.54, 1.807) is 12.1 Å². The number of hydrogen-bond acceptors (Lipinski definition) is 4. The summed E-state index contributed by atoms with van der Waals surface area (Å²) in [6.45, 7) is 6.56. The molecule has 0 aliphatic heterocycles. The number of nitrogens with one attached hydrogen (secondary N) is 1. The topological polar surface area (TPSA) is 65.6 Å². The van der Waals surface area contributed by atoms with Gasteiger partial charge >= 0.3 is 0 Å². The number of benzene rings is 1. The molecule has 1 aromatic heterocycles. The van der Waals surface area contributed by atoms with Crippen molar-refractivity contribution >= 4 is 0 Å². The predicted molar refractivity (Wildman–Crippen MR) is 73.2 cm³/mol. The third-order valence-corrected chi connectivity index (χ3v) is 3.20. The highest BCUT2D eigenvalue weighted by Gasteiger charge is 2.12. The summed E-state index contributed by atoms with van der Waals surface area (Å²) < 4.78 is 5.51. The highest BCUT2D eigenvalue weighted by atomic mass is 16.3. The first-order valence-electron chi connectivity index (χ1n) is 6.28. The zero-order valence-electron chi connectivity index (χ0n) is 11.4. The second-order valence-corrected chi connectivity index (χ2v) is 4.79. The first-order valence-corrected chi connectivity index (χ1v) is 6.28. The van der Waals surface area contributed by atoms with Crippen LogP contribution in [0.2, 0.25) is 0 Å². The van der Waals surface area contributed by atoms with Crippen molar-refractivity contribution < 1.29 is 14.6 Å². The number of phenols is 2. The van der Waals surface area contributed by atoms with Crippen LogP contribution in [-0.4, -0.2) is 10.2 Å². The molecule has 1 aromatic carbocycles. The van der Waals surface area contributed by atoms with Crippen molar-refractivity contribution in [2.45, 2.75) is 33.4 Å². The van der Waals surface area contributed by atoms with Crippen molar-refractivity contribution in [3.05, 3.63) is 46.9 Å². The molecule has 19 heavy (non-hydrogen) atoms. The smallest absolute Gasteiger partial charge is 0.157 e. The molecule has 2 aromatic rings. The fourth-order valence-electron chi connectivity index (χ4n) is 2.14. The van der Waals surface area contributed by atoms with Gasteiger partial charge in [0.2, 0.25) is 0 Å². The first-order chi connectivity index (χ1) is 8.97. The van der Waals surface area contributed by atoms with Gasteiger partial charge in [-0.1, -0.05) is 6.07 Å². The Morgan fingerprint density at radius 1 is 1.16 bits per heavy atom. The van der Waals surface area contributed by atoms with E-state index in [1.165, 1.54) is 6.07 Å². The average molecular weight is 261 g/mol. The molecule has 2 rings (SSSR count). The molecular formula is C15H19NO3. The lowest BCUT2D eigenvalue weighted by Gasteiger charge is -2.13. The Kier molecular flexibility index (Phi) is 3.81. The summed E-state index contributed by atoms with van der Waals surface area (Å²) in [4.78, 5) is 0. The van der Waals surface area contributed by atoms with Gasteiger partial charge in [0.05, 0.1) is 0 Å². The minimum absolute atomic E-state index is 0.0951. The highest BCUT2D eigenvalue weighted by Crippen LogP contribution is 2.26. The van der Waals surface area contributed by atoms with Gasteiger partial charge < -0.3 is 19.9 Å². The predicted octanol–water partition coefficient (Wildman–Crippen LogP) is 3.16. The van der Waals surface area contributed by atoms with Gasteiger partial charge in [-0.15, -0.1) is 0 Å². The van der Waals surface area contributed by atoms with Gasteiger partial charge in [-0.25, -0.2) is 0 Å². The van der Waals surface area contributed by atoms with Crippen molar-refractivity contribution in [2.75, 3.05) is 0 Å². The van der Waals surface area contributed by atoms with Crippen molar-refractivity contribution in [1.29, 1.82) is 0 Å². The van der Waals surface area contributed by atoms with Crippen LogP contribution in [0.1, 0.15) is 35.6 Å². The lowest BCUT2D eigenvalue weighted by molar-refractivity contribution is 0.402. The van der Waals surface area contributed by atoms with E-state index in [9.17, 15) is 10.2 Å². The van der Waals surface area contributed by atoms with E-state index < -0.39 is 0 Å². The van der Waals surface area contributed by atoms with E-state index in [1.807, 2.05) is 19.9 Å². The highest BCUT2D eigenvalue weighted by molar-refractivity contribution is 5.40. The molecule has 0 bridgehead atoms. The summed E-state index contributed by atoms with van der Waals surface area (Å²) in [5.41, 5.74) is 2.06.